The molecule has 130 valence electrons. The molecule has 24 heavy (non-hydrogen) atoms. The molecule has 2 aromatic heterocycles. The van der Waals surface area contributed by atoms with Crippen molar-refractivity contribution in [1.29, 1.82) is 0 Å². The molecule has 0 unspecified atom stereocenters. The largest absolute Gasteiger partial charge is 0.361 e. The smallest absolute Gasteiger partial charge is 0.280 e. The van der Waals surface area contributed by atoms with Crippen LogP contribution in [-0.2, 0) is 13.1 Å². The van der Waals surface area contributed by atoms with Crippen LogP contribution in [0.2, 0.25) is 0 Å². The molecule has 0 amide bonds. The molecule has 1 saturated heterocycles. The van der Waals surface area contributed by atoms with Gasteiger partial charge >= 0.3 is 0 Å². The highest BCUT2D eigenvalue weighted by atomic mass is 19.3. The summed E-state index contributed by atoms with van der Waals surface area (Å²) in [7, 11) is 0. The van der Waals surface area contributed by atoms with E-state index in [0.29, 0.717) is 12.5 Å². The van der Waals surface area contributed by atoms with Crippen molar-refractivity contribution >= 4 is 0 Å². The number of likely N-dealkylation sites (tertiary alicyclic amines) is 1. The number of piperidine rings is 1. The Bertz CT molecular complexity index is 736. The van der Waals surface area contributed by atoms with Crippen molar-refractivity contribution in [2.24, 2.45) is 5.92 Å². The van der Waals surface area contributed by atoms with Crippen LogP contribution in [0.1, 0.15) is 36.4 Å². The van der Waals surface area contributed by atoms with E-state index in [1.807, 2.05) is 13.0 Å². The first-order valence-electron chi connectivity index (χ1n) is 8.00. The zero-order valence-corrected chi connectivity index (χ0v) is 13.5. The second-order valence-electron chi connectivity index (χ2n) is 6.25. The van der Waals surface area contributed by atoms with Gasteiger partial charge in [0.05, 0.1) is 12.0 Å². The molecule has 3 heterocycles. The molecule has 0 N–H and O–H groups in total. The molecule has 0 saturated carbocycles. The van der Waals surface area contributed by atoms with Crippen molar-refractivity contribution in [2.75, 3.05) is 13.1 Å². The molecule has 1 aliphatic rings. The number of halogens is 2. The Hall–Kier alpha value is -2.09. The van der Waals surface area contributed by atoms with E-state index >= 15 is 0 Å². The van der Waals surface area contributed by atoms with Crippen LogP contribution < -0.4 is 5.56 Å². The van der Waals surface area contributed by atoms with Crippen LogP contribution in [0.3, 0.4) is 0 Å². The van der Waals surface area contributed by atoms with Crippen LogP contribution in [0.4, 0.5) is 8.78 Å². The standard InChI is InChI=1S/C16H20F2N4O2/c1-11-6-13(20-24-11)9-21-4-2-12(3-5-21)8-22-10-19-14(16(17)18)7-15(22)23/h6-7,10,12,16H,2-5,8-9H2,1H3. The van der Waals surface area contributed by atoms with Crippen LogP contribution >= 0.6 is 0 Å². The molecule has 3 rings (SSSR count). The monoisotopic (exact) mass is 338 g/mol. The molecule has 0 radical (unpaired) electrons. The van der Waals surface area contributed by atoms with Crippen LogP contribution in [0.5, 0.6) is 0 Å². The number of aromatic nitrogens is 3. The molecule has 1 aliphatic heterocycles. The molecule has 6 nitrogen and oxygen atoms in total. The summed E-state index contributed by atoms with van der Waals surface area (Å²) in [5.41, 5.74) is 0.0451. The van der Waals surface area contributed by atoms with Gasteiger partial charge < -0.3 is 4.52 Å². The Balaban J connectivity index is 1.53. The summed E-state index contributed by atoms with van der Waals surface area (Å²) in [5, 5.41) is 4.00. The average Bonchev–Trinajstić information content (AvgIpc) is 2.96. The lowest BCUT2D eigenvalue weighted by molar-refractivity contribution is 0.144. The summed E-state index contributed by atoms with van der Waals surface area (Å²) in [6.45, 7) is 4.97. The van der Waals surface area contributed by atoms with Gasteiger partial charge in [0.2, 0.25) is 0 Å². The summed E-state index contributed by atoms with van der Waals surface area (Å²) < 4.78 is 31.6. The maximum Gasteiger partial charge on any atom is 0.280 e. The minimum Gasteiger partial charge on any atom is -0.361 e. The van der Waals surface area contributed by atoms with Crippen LogP contribution in [0.25, 0.3) is 0 Å². The molecule has 0 bridgehead atoms. The van der Waals surface area contributed by atoms with Gasteiger partial charge in [-0.3, -0.25) is 14.3 Å². The number of hydrogen-bond acceptors (Lipinski definition) is 5. The van der Waals surface area contributed by atoms with Gasteiger partial charge in [-0.05, 0) is 38.8 Å². The van der Waals surface area contributed by atoms with Gasteiger partial charge in [0.1, 0.15) is 11.5 Å². The topological polar surface area (TPSA) is 64.2 Å². The van der Waals surface area contributed by atoms with Crippen molar-refractivity contribution in [3.63, 3.8) is 0 Å². The molecule has 0 atom stereocenters. The maximum absolute atomic E-state index is 12.5. The second kappa shape index (κ2) is 7.21. The van der Waals surface area contributed by atoms with Crippen molar-refractivity contribution in [3.05, 3.63) is 46.0 Å². The third-order valence-corrected chi connectivity index (χ3v) is 4.35. The number of hydrogen-bond donors (Lipinski definition) is 0. The molecule has 0 aromatic carbocycles. The highest BCUT2D eigenvalue weighted by Gasteiger charge is 2.21. The van der Waals surface area contributed by atoms with Crippen LogP contribution in [0, 0.1) is 12.8 Å². The first kappa shape index (κ1) is 16.8. The van der Waals surface area contributed by atoms with Crippen molar-refractivity contribution in [2.45, 2.75) is 39.3 Å². The quantitative estimate of drug-likeness (QED) is 0.838. The zero-order chi connectivity index (χ0) is 17.1. The average molecular weight is 338 g/mol. The predicted molar refractivity (Wildman–Crippen MR) is 82.7 cm³/mol. The third kappa shape index (κ3) is 4.05. The highest BCUT2D eigenvalue weighted by molar-refractivity contribution is 5.03. The van der Waals surface area contributed by atoms with Crippen molar-refractivity contribution in [3.8, 4) is 0 Å². The normalized spacial score (nSPS) is 16.8. The fourth-order valence-corrected chi connectivity index (χ4v) is 3.02. The summed E-state index contributed by atoms with van der Waals surface area (Å²) in [4.78, 5) is 17.8. The minimum atomic E-state index is -2.71. The van der Waals surface area contributed by atoms with Crippen molar-refractivity contribution < 1.29 is 13.3 Å². The van der Waals surface area contributed by atoms with E-state index in [1.54, 1.807) is 0 Å². The van der Waals surface area contributed by atoms with E-state index in [9.17, 15) is 13.6 Å². The van der Waals surface area contributed by atoms with E-state index in [4.69, 9.17) is 4.52 Å². The van der Waals surface area contributed by atoms with E-state index in [0.717, 1.165) is 50.0 Å². The van der Waals surface area contributed by atoms with E-state index in [2.05, 4.69) is 15.0 Å². The molecular weight excluding hydrogens is 318 g/mol. The molecule has 0 spiro atoms. The molecule has 1 fully saturated rings. The number of aryl methyl sites for hydroxylation is 1. The Morgan fingerprint density at radius 2 is 2.08 bits per heavy atom. The van der Waals surface area contributed by atoms with Gasteiger partial charge in [0, 0.05) is 25.2 Å². The number of rotatable bonds is 5. The van der Waals surface area contributed by atoms with Gasteiger partial charge in [0.15, 0.2) is 0 Å². The Kier molecular flexibility index (Phi) is 5.03. The van der Waals surface area contributed by atoms with Crippen molar-refractivity contribution in [1.82, 2.24) is 19.6 Å². The fraction of sp³-hybridized carbons (Fsp3) is 0.562. The summed E-state index contributed by atoms with van der Waals surface area (Å²) in [6, 6.07) is 2.86. The number of nitrogens with zero attached hydrogens (tertiary/aromatic N) is 4. The lowest BCUT2D eigenvalue weighted by Crippen LogP contribution is -2.36. The summed E-state index contributed by atoms with van der Waals surface area (Å²) in [6.07, 6.45) is 0.407. The van der Waals surface area contributed by atoms with Gasteiger partial charge in [-0.15, -0.1) is 0 Å². The SMILES string of the molecule is Cc1cc(CN2CCC(Cn3cnc(C(F)F)cc3=O)CC2)no1. The van der Waals surface area contributed by atoms with E-state index in [1.165, 1.54) is 10.9 Å². The minimum absolute atomic E-state index is 0.345. The van der Waals surface area contributed by atoms with Gasteiger partial charge in [-0.2, -0.15) is 0 Å². The van der Waals surface area contributed by atoms with Gasteiger partial charge in [-0.25, -0.2) is 13.8 Å². The van der Waals surface area contributed by atoms with Gasteiger partial charge in [-0.1, -0.05) is 5.16 Å². The first-order valence-corrected chi connectivity index (χ1v) is 8.00. The lowest BCUT2D eigenvalue weighted by Gasteiger charge is -2.31. The van der Waals surface area contributed by atoms with E-state index < -0.39 is 17.7 Å². The zero-order valence-electron chi connectivity index (χ0n) is 13.5. The second-order valence-corrected chi connectivity index (χ2v) is 6.25. The molecular formula is C16H20F2N4O2. The first-order chi connectivity index (χ1) is 11.5. The highest BCUT2D eigenvalue weighted by Crippen LogP contribution is 2.20. The summed E-state index contributed by atoms with van der Waals surface area (Å²) in [5.74, 6) is 1.15. The Labute approximate surface area is 138 Å². The Morgan fingerprint density at radius 1 is 1.33 bits per heavy atom. The fourth-order valence-electron chi connectivity index (χ4n) is 3.02. The number of alkyl halides is 2. The third-order valence-electron chi connectivity index (χ3n) is 4.35. The lowest BCUT2D eigenvalue weighted by atomic mass is 9.96. The molecule has 8 heteroatoms. The Morgan fingerprint density at radius 3 is 2.67 bits per heavy atom. The molecule has 0 aliphatic carbocycles. The van der Waals surface area contributed by atoms with E-state index in [-0.39, 0.29) is 0 Å². The van der Waals surface area contributed by atoms with Crippen LogP contribution in [0.15, 0.2) is 27.8 Å². The molecule has 2 aromatic rings. The van der Waals surface area contributed by atoms with Gasteiger partial charge in [0.25, 0.3) is 12.0 Å². The summed E-state index contributed by atoms with van der Waals surface area (Å²) >= 11 is 0. The maximum atomic E-state index is 12.5. The van der Waals surface area contributed by atoms with Crippen LogP contribution in [-0.4, -0.2) is 32.7 Å². The predicted octanol–water partition coefficient (Wildman–Crippen LogP) is 2.39.